The van der Waals surface area contributed by atoms with Crippen molar-refractivity contribution < 1.29 is 44.5 Å². The molecular formula is C15H16O10. The topological polar surface area (TPSA) is 170 Å². The SMILES string of the molecule is O=c1ccoc2c(O)c(O[C@H]3O[C@@H](CO)[C@H](O)[C@H](O)[C@@H]3O)c(O)cc12. The highest BCUT2D eigenvalue weighted by Crippen LogP contribution is 2.42. The molecule has 6 N–H and O–H groups in total. The number of hydrogen-bond acceptors (Lipinski definition) is 10. The van der Waals surface area contributed by atoms with Crippen molar-refractivity contribution in [2.75, 3.05) is 6.61 Å². The molecule has 1 aliphatic heterocycles. The highest BCUT2D eigenvalue weighted by molar-refractivity contribution is 5.87. The Morgan fingerprint density at radius 3 is 2.52 bits per heavy atom. The maximum Gasteiger partial charge on any atom is 0.229 e. The zero-order valence-corrected chi connectivity index (χ0v) is 12.6. The van der Waals surface area contributed by atoms with Gasteiger partial charge in [-0.15, -0.1) is 0 Å². The summed E-state index contributed by atoms with van der Waals surface area (Å²) in [5, 5.41) is 58.7. The second-order valence-corrected chi connectivity index (χ2v) is 5.55. The number of hydrogen-bond donors (Lipinski definition) is 6. The van der Waals surface area contributed by atoms with Crippen LogP contribution in [0.3, 0.4) is 0 Å². The Labute approximate surface area is 139 Å². The number of rotatable bonds is 3. The monoisotopic (exact) mass is 356 g/mol. The Kier molecular flexibility index (Phi) is 4.54. The number of benzene rings is 1. The zero-order valence-electron chi connectivity index (χ0n) is 12.6. The predicted octanol–water partition coefficient (Wildman–Crippen LogP) is -1.62. The number of ether oxygens (including phenoxy) is 2. The smallest absolute Gasteiger partial charge is 0.229 e. The van der Waals surface area contributed by atoms with Gasteiger partial charge >= 0.3 is 0 Å². The van der Waals surface area contributed by atoms with E-state index in [-0.39, 0.29) is 11.0 Å². The van der Waals surface area contributed by atoms with Gasteiger partial charge in [0, 0.05) is 6.07 Å². The van der Waals surface area contributed by atoms with Gasteiger partial charge in [0.05, 0.1) is 18.3 Å². The van der Waals surface area contributed by atoms with Crippen molar-refractivity contribution in [3.05, 3.63) is 28.6 Å². The molecule has 0 spiro atoms. The summed E-state index contributed by atoms with van der Waals surface area (Å²) in [7, 11) is 0. The summed E-state index contributed by atoms with van der Waals surface area (Å²) in [4.78, 5) is 11.7. The third kappa shape index (κ3) is 2.90. The van der Waals surface area contributed by atoms with Gasteiger partial charge in [-0.2, -0.15) is 0 Å². The largest absolute Gasteiger partial charge is 0.504 e. The molecule has 1 fully saturated rings. The van der Waals surface area contributed by atoms with E-state index in [2.05, 4.69) is 0 Å². The lowest BCUT2D eigenvalue weighted by atomic mass is 9.99. The van der Waals surface area contributed by atoms with Gasteiger partial charge < -0.3 is 44.5 Å². The zero-order chi connectivity index (χ0) is 18.3. The molecule has 2 heterocycles. The van der Waals surface area contributed by atoms with E-state index in [1.807, 2.05) is 0 Å². The highest BCUT2D eigenvalue weighted by atomic mass is 16.7. The molecule has 10 heteroatoms. The van der Waals surface area contributed by atoms with Crippen molar-refractivity contribution in [2.24, 2.45) is 0 Å². The van der Waals surface area contributed by atoms with Gasteiger partial charge in [0.15, 0.2) is 16.8 Å². The lowest BCUT2D eigenvalue weighted by Crippen LogP contribution is -2.60. The maximum atomic E-state index is 11.7. The maximum absolute atomic E-state index is 11.7. The van der Waals surface area contributed by atoms with E-state index < -0.39 is 60.0 Å². The molecular weight excluding hydrogens is 340 g/mol. The van der Waals surface area contributed by atoms with Crippen LogP contribution in [0.15, 0.2) is 27.6 Å². The summed E-state index contributed by atoms with van der Waals surface area (Å²) >= 11 is 0. The molecule has 0 bridgehead atoms. The van der Waals surface area contributed by atoms with Crippen molar-refractivity contribution in [1.29, 1.82) is 0 Å². The number of phenolic OH excluding ortho intramolecular Hbond substituents is 2. The van der Waals surface area contributed by atoms with Gasteiger partial charge in [-0.05, 0) is 6.07 Å². The fourth-order valence-electron chi connectivity index (χ4n) is 2.57. The number of phenols is 2. The number of fused-ring (bicyclic) bond motifs is 1. The Bertz CT molecular complexity index is 829. The van der Waals surface area contributed by atoms with Crippen LogP contribution in [-0.4, -0.2) is 68.0 Å². The van der Waals surface area contributed by atoms with Gasteiger partial charge in [-0.1, -0.05) is 0 Å². The number of aliphatic hydroxyl groups is 4. The van der Waals surface area contributed by atoms with E-state index in [4.69, 9.17) is 19.0 Å². The first-order valence-corrected chi connectivity index (χ1v) is 7.28. The fourth-order valence-corrected chi connectivity index (χ4v) is 2.57. The summed E-state index contributed by atoms with van der Waals surface area (Å²) in [6.07, 6.45) is -6.84. The van der Waals surface area contributed by atoms with Gasteiger partial charge in [-0.3, -0.25) is 4.79 Å². The van der Waals surface area contributed by atoms with Crippen LogP contribution in [0.4, 0.5) is 0 Å². The minimum Gasteiger partial charge on any atom is -0.504 e. The first-order chi connectivity index (χ1) is 11.8. The molecule has 1 aliphatic rings. The average molecular weight is 356 g/mol. The second-order valence-electron chi connectivity index (χ2n) is 5.55. The van der Waals surface area contributed by atoms with E-state index in [0.29, 0.717) is 0 Å². The molecule has 136 valence electrons. The van der Waals surface area contributed by atoms with Gasteiger partial charge in [0.1, 0.15) is 24.4 Å². The third-order valence-corrected chi connectivity index (χ3v) is 3.94. The summed E-state index contributed by atoms with van der Waals surface area (Å²) in [6, 6.07) is 2.10. The third-order valence-electron chi connectivity index (χ3n) is 3.94. The van der Waals surface area contributed by atoms with E-state index in [9.17, 15) is 30.3 Å². The first-order valence-electron chi connectivity index (χ1n) is 7.28. The molecule has 3 rings (SSSR count). The Hall–Kier alpha value is -2.37. The minimum absolute atomic E-state index is 0.0985. The van der Waals surface area contributed by atoms with Crippen LogP contribution >= 0.6 is 0 Å². The van der Waals surface area contributed by atoms with Crippen LogP contribution in [0.2, 0.25) is 0 Å². The number of aliphatic hydroxyl groups excluding tert-OH is 4. The van der Waals surface area contributed by atoms with Gasteiger partial charge in [0.25, 0.3) is 0 Å². The molecule has 1 aromatic carbocycles. The Morgan fingerprint density at radius 1 is 1.12 bits per heavy atom. The average Bonchev–Trinajstić information content (AvgIpc) is 2.59. The lowest BCUT2D eigenvalue weighted by Gasteiger charge is -2.39. The molecule has 1 saturated heterocycles. The van der Waals surface area contributed by atoms with Crippen LogP contribution < -0.4 is 10.2 Å². The summed E-state index contributed by atoms with van der Waals surface area (Å²) < 4.78 is 15.4. The Morgan fingerprint density at radius 2 is 1.84 bits per heavy atom. The van der Waals surface area contributed by atoms with Gasteiger partial charge in [0.2, 0.25) is 17.8 Å². The van der Waals surface area contributed by atoms with Crippen LogP contribution in [0.1, 0.15) is 0 Å². The van der Waals surface area contributed by atoms with Crippen LogP contribution in [0.5, 0.6) is 17.2 Å². The van der Waals surface area contributed by atoms with Crippen LogP contribution in [0, 0.1) is 0 Å². The van der Waals surface area contributed by atoms with Crippen molar-refractivity contribution in [3.63, 3.8) is 0 Å². The molecule has 5 atom stereocenters. The standard InChI is InChI=1S/C15H16O10/c16-4-8-9(19)10(20)11(21)15(24-8)25-14-7(18)3-5-6(17)1-2-23-13(5)12(14)22/h1-3,8-11,15-16,18-22H,4H2/t8-,9-,10-,11-,15+/m0/s1. The molecule has 0 radical (unpaired) electrons. The van der Waals surface area contributed by atoms with Crippen molar-refractivity contribution >= 4 is 11.0 Å². The summed E-state index contributed by atoms with van der Waals surface area (Å²) in [6.45, 7) is -0.671. The normalized spacial score (nSPS) is 29.7. The predicted molar refractivity (Wildman–Crippen MR) is 80.2 cm³/mol. The van der Waals surface area contributed by atoms with E-state index in [1.165, 1.54) is 0 Å². The Balaban J connectivity index is 1.99. The van der Waals surface area contributed by atoms with E-state index in [1.54, 1.807) is 0 Å². The molecule has 2 aromatic rings. The number of aromatic hydroxyl groups is 2. The lowest BCUT2D eigenvalue weighted by molar-refractivity contribution is -0.277. The second kappa shape index (κ2) is 6.50. The van der Waals surface area contributed by atoms with Gasteiger partial charge in [-0.25, -0.2) is 0 Å². The summed E-state index contributed by atoms with van der Waals surface area (Å²) in [5.74, 6) is -1.92. The molecule has 0 amide bonds. The van der Waals surface area contributed by atoms with E-state index in [0.717, 1.165) is 18.4 Å². The molecule has 25 heavy (non-hydrogen) atoms. The molecule has 0 saturated carbocycles. The van der Waals surface area contributed by atoms with E-state index >= 15 is 0 Å². The fraction of sp³-hybridized carbons (Fsp3) is 0.400. The van der Waals surface area contributed by atoms with Crippen LogP contribution in [-0.2, 0) is 4.74 Å². The first kappa shape index (κ1) is 17.5. The molecule has 10 nitrogen and oxygen atoms in total. The highest BCUT2D eigenvalue weighted by Gasteiger charge is 2.45. The molecule has 1 aromatic heterocycles. The van der Waals surface area contributed by atoms with Crippen molar-refractivity contribution in [2.45, 2.75) is 30.7 Å². The van der Waals surface area contributed by atoms with Crippen molar-refractivity contribution in [3.8, 4) is 17.2 Å². The minimum atomic E-state index is -1.74. The molecule has 0 unspecified atom stereocenters. The summed E-state index contributed by atoms with van der Waals surface area (Å²) in [5.41, 5.74) is -0.767. The quantitative estimate of drug-likeness (QED) is 0.376. The van der Waals surface area contributed by atoms with Crippen molar-refractivity contribution in [1.82, 2.24) is 0 Å². The van der Waals surface area contributed by atoms with Crippen LogP contribution in [0.25, 0.3) is 11.0 Å². The molecule has 0 aliphatic carbocycles.